The summed E-state index contributed by atoms with van der Waals surface area (Å²) in [7, 11) is 0. The fraction of sp³-hybridized carbons (Fsp3) is 0.667. The normalized spacial score (nSPS) is 16.9. The van der Waals surface area contributed by atoms with Crippen LogP contribution < -0.4 is 10.6 Å². The zero-order chi connectivity index (χ0) is 14.5. The van der Waals surface area contributed by atoms with Crippen LogP contribution in [0.15, 0.2) is 18.2 Å². The van der Waals surface area contributed by atoms with E-state index in [1.165, 1.54) is 42.7 Å². The Kier molecular flexibility index (Phi) is 5.47. The molecule has 1 fully saturated rings. The van der Waals surface area contributed by atoms with Crippen LogP contribution in [0, 0.1) is 5.92 Å². The first-order valence-corrected chi connectivity index (χ1v) is 8.17. The van der Waals surface area contributed by atoms with Gasteiger partial charge in [0.05, 0.1) is 0 Å². The van der Waals surface area contributed by atoms with Crippen LogP contribution in [0.2, 0.25) is 0 Å². The van der Waals surface area contributed by atoms with E-state index in [2.05, 4.69) is 56.5 Å². The molecule has 112 valence electrons. The Morgan fingerprint density at radius 2 is 1.60 bits per heavy atom. The van der Waals surface area contributed by atoms with Crippen molar-refractivity contribution in [1.82, 2.24) is 5.32 Å². The van der Waals surface area contributed by atoms with Gasteiger partial charge in [-0.3, -0.25) is 0 Å². The third kappa shape index (κ3) is 3.76. The maximum atomic E-state index is 3.79. The highest BCUT2D eigenvalue weighted by Crippen LogP contribution is 2.32. The number of hydrogen-bond donors (Lipinski definition) is 2. The fourth-order valence-electron chi connectivity index (χ4n) is 3.09. The lowest BCUT2D eigenvalue weighted by atomic mass is 9.91. The van der Waals surface area contributed by atoms with Crippen LogP contribution in [0.5, 0.6) is 0 Å². The Labute approximate surface area is 124 Å². The molecule has 2 heteroatoms. The molecule has 1 aromatic rings. The first kappa shape index (κ1) is 15.4. The monoisotopic (exact) mass is 274 g/mol. The molecule has 1 aromatic carbocycles. The maximum absolute atomic E-state index is 3.79. The van der Waals surface area contributed by atoms with Gasteiger partial charge in [0.1, 0.15) is 0 Å². The molecule has 2 nitrogen and oxygen atoms in total. The third-order valence-electron chi connectivity index (χ3n) is 4.40. The second kappa shape index (κ2) is 7.12. The number of anilines is 1. The van der Waals surface area contributed by atoms with Crippen molar-refractivity contribution < 1.29 is 0 Å². The predicted octanol–water partition coefficient (Wildman–Crippen LogP) is 4.34. The number of hydrogen-bond acceptors (Lipinski definition) is 2. The average molecular weight is 274 g/mol. The summed E-state index contributed by atoms with van der Waals surface area (Å²) in [6, 6.07) is 6.77. The van der Waals surface area contributed by atoms with Gasteiger partial charge >= 0.3 is 0 Å². The quantitative estimate of drug-likeness (QED) is 0.834. The SMILES string of the molecule is CC(C)c1cccc(C(C)C)c1NCC1CCNCC1. The zero-order valence-corrected chi connectivity index (χ0v) is 13.5. The largest absolute Gasteiger partial charge is 0.384 e. The minimum absolute atomic E-state index is 0.573. The van der Waals surface area contributed by atoms with E-state index in [0.717, 1.165) is 12.5 Å². The van der Waals surface area contributed by atoms with E-state index in [9.17, 15) is 0 Å². The summed E-state index contributed by atoms with van der Waals surface area (Å²) in [5.74, 6) is 1.96. The molecule has 0 bridgehead atoms. The molecular formula is C18H30N2. The molecule has 0 amide bonds. The summed E-state index contributed by atoms with van der Waals surface area (Å²) in [4.78, 5) is 0. The minimum atomic E-state index is 0.573. The van der Waals surface area contributed by atoms with E-state index in [0.29, 0.717) is 11.8 Å². The number of benzene rings is 1. The Hall–Kier alpha value is -1.02. The lowest BCUT2D eigenvalue weighted by molar-refractivity contribution is 0.389. The first-order valence-electron chi connectivity index (χ1n) is 8.17. The van der Waals surface area contributed by atoms with Gasteiger partial charge in [-0.2, -0.15) is 0 Å². The van der Waals surface area contributed by atoms with Gasteiger partial charge in [0, 0.05) is 12.2 Å². The van der Waals surface area contributed by atoms with E-state index in [1.807, 2.05) is 0 Å². The van der Waals surface area contributed by atoms with Crippen LogP contribution in [0.25, 0.3) is 0 Å². The Balaban J connectivity index is 2.14. The van der Waals surface area contributed by atoms with Gasteiger partial charge in [-0.1, -0.05) is 45.9 Å². The van der Waals surface area contributed by atoms with Gasteiger partial charge in [-0.15, -0.1) is 0 Å². The number of rotatable bonds is 5. The lowest BCUT2D eigenvalue weighted by Gasteiger charge is -2.26. The van der Waals surface area contributed by atoms with Crippen molar-refractivity contribution in [1.29, 1.82) is 0 Å². The van der Waals surface area contributed by atoms with E-state index in [1.54, 1.807) is 0 Å². The zero-order valence-electron chi connectivity index (χ0n) is 13.5. The van der Waals surface area contributed by atoms with Gasteiger partial charge in [-0.25, -0.2) is 0 Å². The summed E-state index contributed by atoms with van der Waals surface area (Å²) >= 11 is 0. The molecule has 1 heterocycles. The molecule has 0 unspecified atom stereocenters. The summed E-state index contributed by atoms with van der Waals surface area (Å²) < 4.78 is 0. The molecule has 0 spiro atoms. The van der Waals surface area contributed by atoms with Crippen molar-refractivity contribution in [3.8, 4) is 0 Å². The van der Waals surface area contributed by atoms with Crippen molar-refractivity contribution in [3.05, 3.63) is 29.3 Å². The number of piperidine rings is 1. The van der Waals surface area contributed by atoms with Crippen molar-refractivity contribution in [3.63, 3.8) is 0 Å². The molecule has 1 aliphatic rings. The number of nitrogens with one attached hydrogen (secondary N) is 2. The molecule has 1 saturated heterocycles. The molecule has 20 heavy (non-hydrogen) atoms. The molecule has 2 N–H and O–H groups in total. The van der Waals surface area contributed by atoms with Gasteiger partial charge in [0.15, 0.2) is 0 Å². The molecule has 0 aromatic heterocycles. The number of para-hydroxylation sites is 1. The van der Waals surface area contributed by atoms with Crippen LogP contribution in [0.1, 0.15) is 63.5 Å². The highest BCUT2D eigenvalue weighted by molar-refractivity contribution is 5.60. The molecular weight excluding hydrogens is 244 g/mol. The topological polar surface area (TPSA) is 24.1 Å². The summed E-state index contributed by atoms with van der Waals surface area (Å²) in [5, 5.41) is 7.23. The predicted molar refractivity (Wildman–Crippen MR) is 88.7 cm³/mol. The van der Waals surface area contributed by atoms with E-state index in [4.69, 9.17) is 0 Å². The first-order chi connectivity index (χ1) is 9.59. The van der Waals surface area contributed by atoms with Crippen molar-refractivity contribution in [2.75, 3.05) is 25.0 Å². The van der Waals surface area contributed by atoms with Gasteiger partial charge in [-0.05, 0) is 54.8 Å². The van der Waals surface area contributed by atoms with Crippen molar-refractivity contribution >= 4 is 5.69 Å². The van der Waals surface area contributed by atoms with Crippen LogP contribution in [0.4, 0.5) is 5.69 Å². The van der Waals surface area contributed by atoms with Gasteiger partial charge in [0.2, 0.25) is 0 Å². The van der Waals surface area contributed by atoms with Crippen LogP contribution in [-0.2, 0) is 0 Å². The Bertz CT molecular complexity index is 391. The Morgan fingerprint density at radius 1 is 1.05 bits per heavy atom. The fourth-order valence-corrected chi connectivity index (χ4v) is 3.09. The second-order valence-corrected chi connectivity index (χ2v) is 6.70. The minimum Gasteiger partial charge on any atom is -0.384 e. The van der Waals surface area contributed by atoms with E-state index < -0.39 is 0 Å². The van der Waals surface area contributed by atoms with Crippen LogP contribution in [0.3, 0.4) is 0 Å². The van der Waals surface area contributed by atoms with E-state index in [-0.39, 0.29) is 0 Å². The van der Waals surface area contributed by atoms with Crippen LogP contribution >= 0.6 is 0 Å². The van der Waals surface area contributed by atoms with E-state index >= 15 is 0 Å². The van der Waals surface area contributed by atoms with Gasteiger partial charge < -0.3 is 10.6 Å². The summed E-state index contributed by atoms with van der Waals surface area (Å²) in [5.41, 5.74) is 4.33. The molecule has 2 rings (SSSR count). The lowest BCUT2D eigenvalue weighted by Crippen LogP contribution is -2.31. The highest BCUT2D eigenvalue weighted by atomic mass is 14.9. The summed E-state index contributed by atoms with van der Waals surface area (Å²) in [6.45, 7) is 12.6. The third-order valence-corrected chi connectivity index (χ3v) is 4.40. The van der Waals surface area contributed by atoms with Crippen LogP contribution in [-0.4, -0.2) is 19.6 Å². The molecule has 1 aliphatic heterocycles. The molecule has 0 radical (unpaired) electrons. The van der Waals surface area contributed by atoms with Gasteiger partial charge in [0.25, 0.3) is 0 Å². The van der Waals surface area contributed by atoms with Crippen molar-refractivity contribution in [2.45, 2.75) is 52.4 Å². The van der Waals surface area contributed by atoms with Crippen molar-refractivity contribution in [2.24, 2.45) is 5.92 Å². The molecule has 0 saturated carbocycles. The highest BCUT2D eigenvalue weighted by Gasteiger charge is 2.16. The maximum Gasteiger partial charge on any atom is 0.0410 e. The molecule has 0 atom stereocenters. The summed E-state index contributed by atoms with van der Waals surface area (Å²) in [6.07, 6.45) is 2.60. The average Bonchev–Trinajstić information content (AvgIpc) is 2.45. The standard InChI is InChI=1S/C18H30N2/c1-13(2)16-6-5-7-17(14(3)4)18(16)20-12-15-8-10-19-11-9-15/h5-7,13-15,19-20H,8-12H2,1-4H3. The molecule has 0 aliphatic carbocycles. The smallest absolute Gasteiger partial charge is 0.0410 e. The second-order valence-electron chi connectivity index (χ2n) is 6.70. The Morgan fingerprint density at radius 3 is 2.10 bits per heavy atom.